The van der Waals surface area contributed by atoms with Crippen molar-refractivity contribution in [3.63, 3.8) is 0 Å². The van der Waals surface area contributed by atoms with Gasteiger partial charge in [-0.2, -0.15) is 5.26 Å². The van der Waals surface area contributed by atoms with Crippen LogP contribution >= 0.6 is 0 Å². The van der Waals surface area contributed by atoms with Crippen LogP contribution in [0.25, 0.3) is 5.65 Å². The average Bonchev–Trinajstić information content (AvgIpc) is 2.95. The maximum absolute atomic E-state index is 12.3. The third-order valence-electron chi connectivity index (χ3n) is 3.38. The topological polar surface area (TPSA) is 87.3 Å². The van der Waals surface area contributed by atoms with Crippen molar-refractivity contribution in [2.45, 2.75) is 18.4 Å². The van der Waals surface area contributed by atoms with Crippen LogP contribution in [-0.2, 0) is 16.6 Å². The number of benzene rings is 1. The largest absolute Gasteiger partial charge is 0.307 e. The molecule has 3 aromatic rings. The number of sulfonamides is 1. The molecule has 0 radical (unpaired) electrons. The molecule has 3 rings (SSSR count). The van der Waals surface area contributed by atoms with Crippen LogP contribution in [0.1, 0.15) is 16.8 Å². The highest BCUT2D eigenvalue weighted by molar-refractivity contribution is 7.89. The zero-order chi connectivity index (χ0) is 16.4. The lowest BCUT2D eigenvalue weighted by atomic mass is 10.2. The number of hydrogen-bond donors (Lipinski definition) is 1. The van der Waals surface area contributed by atoms with Gasteiger partial charge >= 0.3 is 0 Å². The smallest absolute Gasteiger partial charge is 0.240 e. The van der Waals surface area contributed by atoms with E-state index in [1.807, 2.05) is 35.7 Å². The normalized spacial score (nSPS) is 11.5. The Labute approximate surface area is 134 Å². The number of rotatable bonds is 4. The Morgan fingerprint density at radius 2 is 2.13 bits per heavy atom. The molecule has 116 valence electrons. The molecule has 0 unspecified atom stereocenters. The summed E-state index contributed by atoms with van der Waals surface area (Å²) in [5.41, 5.74) is 2.78. The monoisotopic (exact) mass is 326 g/mol. The van der Waals surface area contributed by atoms with Gasteiger partial charge in [0.15, 0.2) is 0 Å². The van der Waals surface area contributed by atoms with Crippen molar-refractivity contribution in [2.75, 3.05) is 0 Å². The minimum atomic E-state index is -3.69. The zero-order valence-corrected chi connectivity index (χ0v) is 13.2. The molecule has 1 aromatic carbocycles. The Morgan fingerprint density at radius 3 is 2.91 bits per heavy atom. The number of nitrogens with zero attached hydrogens (tertiary/aromatic N) is 3. The molecule has 0 spiro atoms. The predicted octanol–water partition coefficient (Wildman–Crippen LogP) is 1.99. The number of nitrogens with one attached hydrogen (secondary N) is 1. The standard InChI is InChI=1S/C16H14N4O2S/c1-12-5-6-20-11-14(19-16(20)7-12)10-18-23(21,22)15-4-2-3-13(8-15)9-17/h2-8,11,18H,10H2,1H3. The molecule has 2 heterocycles. The Bertz CT molecular complexity index is 1020. The highest BCUT2D eigenvalue weighted by Gasteiger charge is 2.15. The van der Waals surface area contributed by atoms with Crippen molar-refractivity contribution < 1.29 is 8.42 Å². The van der Waals surface area contributed by atoms with Crippen LogP contribution in [0, 0.1) is 18.3 Å². The van der Waals surface area contributed by atoms with Gasteiger partial charge < -0.3 is 4.40 Å². The van der Waals surface area contributed by atoms with Crippen LogP contribution in [0.3, 0.4) is 0 Å². The third kappa shape index (κ3) is 3.23. The Morgan fingerprint density at radius 1 is 1.30 bits per heavy atom. The lowest BCUT2D eigenvalue weighted by molar-refractivity contribution is 0.580. The molecule has 2 aromatic heterocycles. The van der Waals surface area contributed by atoms with Crippen molar-refractivity contribution in [3.05, 3.63) is 65.6 Å². The first-order valence-electron chi connectivity index (χ1n) is 6.92. The molecule has 0 atom stereocenters. The van der Waals surface area contributed by atoms with Gasteiger partial charge in [0, 0.05) is 12.4 Å². The van der Waals surface area contributed by atoms with Gasteiger partial charge in [0.25, 0.3) is 0 Å². The van der Waals surface area contributed by atoms with E-state index in [0.717, 1.165) is 11.2 Å². The quantitative estimate of drug-likeness (QED) is 0.794. The Kier molecular flexibility index (Phi) is 3.86. The Hall–Kier alpha value is -2.69. The number of aromatic nitrogens is 2. The summed E-state index contributed by atoms with van der Waals surface area (Å²) in [6.07, 6.45) is 3.66. The molecule has 0 saturated heterocycles. The molecule has 0 amide bonds. The molecular weight excluding hydrogens is 312 g/mol. The first-order chi connectivity index (χ1) is 11.0. The van der Waals surface area contributed by atoms with E-state index in [-0.39, 0.29) is 11.4 Å². The molecule has 0 aliphatic carbocycles. The fourth-order valence-corrected chi connectivity index (χ4v) is 3.25. The molecule has 1 N–H and O–H groups in total. The molecule has 0 aliphatic heterocycles. The van der Waals surface area contributed by atoms with Crippen LogP contribution in [0.15, 0.2) is 53.7 Å². The number of nitriles is 1. The number of pyridine rings is 1. The highest BCUT2D eigenvalue weighted by Crippen LogP contribution is 2.12. The highest BCUT2D eigenvalue weighted by atomic mass is 32.2. The Balaban J connectivity index is 1.81. The maximum atomic E-state index is 12.3. The number of hydrogen-bond acceptors (Lipinski definition) is 4. The summed E-state index contributed by atoms with van der Waals surface area (Å²) in [6, 6.07) is 11.7. The lowest BCUT2D eigenvalue weighted by Crippen LogP contribution is -2.23. The predicted molar refractivity (Wildman–Crippen MR) is 85.1 cm³/mol. The van der Waals surface area contributed by atoms with Crippen molar-refractivity contribution in [3.8, 4) is 6.07 Å². The van der Waals surface area contributed by atoms with Crippen LogP contribution in [0.2, 0.25) is 0 Å². The van der Waals surface area contributed by atoms with E-state index in [2.05, 4.69) is 9.71 Å². The average molecular weight is 326 g/mol. The summed E-state index contributed by atoms with van der Waals surface area (Å²) in [5.74, 6) is 0. The van der Waals surface area contributed by atoms with Crippen molar-refractivity contribution >= 4 is 15.7 Å². The fourth-order valence-electron chi connectivity index (χ4n) is 2.21. The van der Waals surface area contributed by atoms with Crippen LogP contribution < -0.4 is 4.72 Å². The van der Waals surface area contributed by atoms with Gasteiger partial charge in [-0.25, -0.2) is 18.1 Å². The van der Waals surface area contributed by atoms with E-state index in [1.54, 1.807) is 18.3 Å². The molecule has 23 heavy (non-hydrogen) atoms. The van der Waals surface area contributed by atoms with Gasteiger partial charge in [0.05, 0.1) is 28.8 Å². The maximum Gasteiger partial charge on any atom is 0.240 e. The van der Waals surface area contributed by atoms with Gasteiger partial charge in [0.1, 0.15) is 5.65 Å². The second-order valence-electron chi connectivity index (χ2n) is 5.17. The SMILES string of the molecule is Cc1ccn2cc(CNS(=O)(=O)c3cccc(C#N)c3)nc2c1. The second-order valence-corrected chi connectivity index (χ2v) is 6.93. The first-order valence-corrected chi connectivity index (χ1v) is 8.40. The van der Waals surface area contributed by atoms with Gasteiger partial charge in [-0.1, -0.05) is 6.07 Å². The first kappa shape index (κ1) is 15.2. The van der Waals surface area contributed by atoms with Crippen LogP contribution in [-0.4, -0.2) is 17.8 Å². The molecule has 0 saturated carbocycles. The lowest BCUT2D eigenvalue weighted by Gasteiger charge is -2.05. The number of imidazole rings is 1. The zero-order valence-electron chi connectivity index (χ0n) is 12.4. The van der Waals surface area contributed by atoms with E-state index >= 15 is 0 Å². The van der Waals surface area contributed by atoms with E-state index in [0.29, 0.717) is 11.3 Å². The summed E-state index contributed by atoms with van der Waals surface area (Å²) in [4.78, 5) is 4.45. The third-order valence-corrected chi connectivity index (χ3v) is 4.78. The number of fused-ring (bicyclic) bond motifs is 1. The van der Waals surface area contributed by atoms with Crippen LogP contribution in [0.5, 0.6) is 0 Å². The van der Waals surface area contributed by atoms with E-state index in [1.165, 1.54) is 12.1 Å². The fraction of sp³-hybridized carbons (Fsp3) is 0.125. The summed E-state index contributed by atoms with van der Waals surface area (Å²) in [5, 5.41) is 8.86. The van der Waals surface area contributed by atoms with Crippen molar-refractivity contribution in [2.24, 2.45) is 0 Å². The summed E-state index contributed by atoms with van der Waals surface area (Å²) < 4.78 is 28.9. The molecule has 7 heteroatoms. The molecule has 0 aliphatic rings. The minimum absolute atomic E-state index is 0.0659. The van der Waals surface area contributed by atoms with Crippen molar-refractivity contribution in [1.29, 1.82) is 5.26 Å². The van der Waals surface area contributed by atoms with Crippen LogP contribution in [0.4, 0.5) is 0 Å². The molecule has 0 fully saturated rings. The van der Waals surface area contributed by atoms with Gasteiger partial charge in [-0.15, -0.1) is 0 Å². The van der Waals surface area contributed by atoms with Gasteiger partial charge in [-0.05, 0) is 42.8 Å². The van der Waals surface area contributed by atoms with Gasteiger partial charge in [-0.3, -0.25) is 0 Å². The molecular formula is C16H14N4O2S. The van der Waals surface area contributed by atoms with Gasteiger partial charge in [0.2, 0.25) is 10.0 Å². The summed E-state index contributed by atoms with van der Waals surface area (Å²) in [6.45, 7) is 2.05. The molecule has 6 nitrogen and oxygen atoms in total. The summed E-state index contributed by atoms with van der Waals surface area (Å²) >= 11 is 0. The van der Waals surface area contributed by atoms with E-state index in [9.17, 15) is 8.42 Å². The minimum Gasteiger partial charge on any atom is -0.307 e. The van der Waals surface area contributed by atoms with E-state index < -0.39 is 10.0 Å². The summed E-state index contributed by atoms with van der Waals surface area (Å²) in [7, 11) is -3.69. The number of aryl methyl sites for hydroxylation is 1. The van der Waals surface area contributed by atoms with Crippen molar-refractivity contribution in [1.82, 2.24) is 14.1 Å². The van der Waals surface area contributed by atoms with E-state index in [4.69, 9.17) is 5.26 Å². The molecule has 0 bridgehead atoms. The second kappa shape index (κ2) is 5.83.